The number of fused-ring (bicyclic) bond motifs is 1. The highest BCUT2D eigenvalue weighted by Crippen LogP contribution is 2.55. The lowest BCUT2D eigenvalue weighted by Crippen LogP contribution is -2.56. The Morgan fingerprint density at radius 1 is 1.15 bits per heavy atom. The lowest BCUT2D eigenvalue weighted by molar-refractivity contribution is -0.141. The molecule has 1 aromatic carbocycles. The van der Waals surface area contributed by atoms with Crippen molar-refractivity contribution < 1.29 is 19.1 Å². The molecule has 174 valence electrons. The molecule has 5 atom stereocenters. The highest BCUT2D eigenvalue weighted by molar-refractivity contribution is 6.00. The van der Waals surface area contributed by atoms with E-state index in [-0.39, 0.29) is 30.3 Å². The van der Waals surface area contributed by atoms with Crippen LogP contribution >= 0.6 is 0 Å². The van der Waals surface area contributed by atoms with Crippen LogP contribution in [-0.4, -0.2) is 53.0 Å². The maximum absolute atomic E-state index is 13.6. The van der Waals surface area contributed by atoms with E-state index in [4.69, 9.17) is 4.74 Å². The first-order valence-corrected chi connectivity index (χ1v) is 12.0. The third-order valence-corrected chi connectivity index (χ3v) is 7.51. The number of hydrogen-bond donors (Lipinski definition) is 2. The Kier molecular flexibility index (Phi) is 5.83. The Hall–Kier alpha value is -2.93. The summed E-state index contributed by atoms with van der Waals surface area (Å²) in [7, 11) is 0. The standard InChI is InChI=1S/C26H31N3O4/c1-2-15-29-22(24(31)28-18-11-7-4-8-12-18)26-14-13-19(33-26)20(21(26)25(29)32)23(30)27-16-17-9-5-3-6-10-17/h2-3,5-6,9-10,13-14,18-22H,1,4,7-8,11-12,15-16H2,(H,27,30)(H,28,31)/t19-,20+,21+,22+,26+/m1/s1. The van der Waals surface area contributed by atoms with E-state index in [1.807, 2.05) is 42.5 Å². The summed E-state index contributed by atoms with van der Waals surface area (Å²) < 4.78 is 6.31. The summed E-state index contributed by atoms with van der Waals surface area (Å²) in [5, 5.41) is 6.14. The Morgan fingerprint density at radius 2 is 1.91 bits per heavy atom. The van der Waals surface area contributed by atoms with Crippen molar-refractivity contribution in [2.24, 2.45) is 11.8 Å². The van der Waals surface area contributed by atoms with Crippen molar-refractivity contribution in [2.45, 2.75) is 62.4 Å². The smallest absolute Gasteiger partial charge is 0.246 e. The number of nitrogens with zero attached hydrogens (tertiary/aromatic N) is 1. The Labute approximate surface area is 194 Å². The molecule has 3 aliphatic heterocycles. The molecule has 4 aliphatic rings. The van der Waals surface area contributed by atoms with Crippen LogP contribution in [0.2, 0.25) is 0 Å². The number of carbonyl (C=O) groups is 3. The van der Waals surface area contributed by atoms with Gasteiger partial charge in [0.1, 0.15) is 11.6 Å². The predicted octanol–water partition coefficient (Wildman–Crippen LogP) is 2.09. The number of amides is 3. The molecule has 5 rings (SSSR count). The average molecular weight is 450 g/mol. The van der Waals surface area contributed by atoms with Crippen molar-refractivity contribution >= 4 is 17.7 Å². The molecule has 1 aliphatic carbocycles. The van der Waals surface area contributed by atoms with Gasteiger partial charge in [0.15, 0.2) is 0 Å². The molecule has 0 aromatic heterocycles. The molecular formula is C26H31N3O4. The van der Waals surface area contributed by atoms with Gasteiger partial charge in [-0.15, -0.1) is 6.58 Å². The van der Waals surface area contributed by atoms with E-state index in [1.165, 1.54) is 6.42 Å². The minimum atomic E-state index is -1.11. The molecule has 0 unspecified atom stereocenters. The quantitative estimate of drug-likeness (QED) is 0.624. The second kappa shape index (κ2) is 8.78. The zero-order chi connectivity index (χ0) is 23.0. The first-order valence-electron chi connectivity index (χ1n) is 12.0. The van der Waals surface area contributed by atoms with Gasteiger partial charge in [0, 0.05) is 19.1 Å². The molecule has 3 heterocycles. The number of nitrogens with one attached hydrogen (secondary N) is 2. The second-order valence-corrected chi connectivity index (χ2v) is 9.53. The van der Waals surface area contributed by atoms with Gasteiger partial charge in [0.05, 0.1) is 17.9 Å². The van der Waals surface area contributed by atoms with E-state index in [2.05, 4.69) is 17.2 Å². The molecule has 2 saturated heterocycles. The van der Waals surface area contributed by atoms with Crippen molar-refractivity contribution in [1.29, 1.82) is 0 Å². The number of carbonyl (C=O) groups excluding carboxylic acids is 3. The lowest BCUT2D eigenvalue weighted by Gasteiger charge is -2.33. The molecule has 3 amide bonds. The van der Waals surface area contributed by atoms with Crippen LogP contribution < -0.4 is 10.6 Å². The number of rotatable bonds is 7. The summed E-state index contributed by atoms with van der Waals surface area (Å²) in [6, 6.07) is 8.96. The van der Waals surface area contributed by atoms with Crippen molar-refractivity contribution in [3.63, 3.8) is 0 Å². The molecule has 1 saturated carbocycles. The molecule has 7 nitrogen and oxygen atoms in total. The fraction of sp³-hybridized carbons (Fsp3) is 0.500. The predicted molar refractivity (Wildman–Crippen MR) is 123 cm³/mol. The van der Waals surface area contributed by atoms with Crippen LogP contribution in [-0.2, 0) is 25.7 Å². The van der Waals surface area contributed by atoms with Gasteiger partial charge in [0.25, 0.3) is 0 Å². The SMILES string of the molecule is C=CCN1C(=O)[C@@H]2[C@@H](C(=O)NCc3ccccc3)[C@H]3C=C[C@@]2(O3)[C@@H]1C(=O)NC1CCCCC1. The number of hydrogen-bond acceptors (Lipinski definition) is 4. The van der Waals surface area contributed by atoms with Crippen LogP contribution in [0.25, 0.3) is 0 Å². The summed E-state index contributed by atoms with van der Waals surface area (Å²) in [5.41, 5.74) is -0.130. The minimum Gasteiger partial charge on any atom is -0.359 e. The van der Waals surface area contributed by atoms with E-state index in [0.29, 0.717) is 6.54 Å². The third-order valence-electron chi connectivity index (χ3n) is 7.51. The number of benzene rings is 1. The normalized spacial score (nSPS) is 32.6. The maximum Gasteiger partial charge on any atom is 0.246 e. The van der Waals surface area contributed by atoms with Crippen LogP contribution in [0, 0.1) is 11.8 Å². The average Bonchev–Trinajstić information content (AvgIpc) is 3.47. The summed E-state index contributed by atoms with van der Waals surface area (Å²) >= 11 is 0. The maximum atomic E-state index is 13.6. The highest BCUT2D eigenvalue weighted by Gasteiger charge is 2.72. The van der Waals surface area contributed by atoms with Gasteiger partial charge < -0.3 is 20.3 Å². The molecule has 1 spiro atoms. The molecule has 2 N–H and O–H groups in total. The largest absolute Gasteiger partial charge is 0.359 e. The van der Waals surface area contributed by atoms with Gasteiger partial charge in [-0.25, -0.2) is 0 Å². The molecule has 0 radical (unpaired) electrons. The van der Waals surface area contributed by atoms with Crippen molar-refractivity contribution in [3.05, 3.63) is 60.7 Å². The van der Waals surface area contributed by atoms with Crippen LogP contribution in [0.3, 0.4) is 0 Å². The highest BCUT2D eigenvalue weighted by atomic mass is 16.5. The summed E-state index contributed by atoms with van der Waals surface area (Å²) in [5.74, 6) is -2.02. The zero-order valence-electron chi connectivity index (χ0n) is 18.7. The fourth-order valence-corrected chi connectivity index (χ4v) is 6.03. The van der Waals surface area contributed by atoms with Gasteiger partial charge in [-0.1, -0.05) is 67.8 Å². The summed E-state index contributed by atoms with van der Waals surface area (Å²) in [6.07, 6.45) is 10.1. The van der Waals surface area contributed by atoms with Gasteiger partial charge in [-0.3, -0.25) is 14.4 Å². The first kappa shape index (κ1) is 21.9. The van der Waals surface area contributed by atoms with Crippen LogP contribution in [0.4, 0.5) is 0 Å². The lowest BCUT2D eigenvalue weighted by atomic mass is 9.74. The van der Waals surface area contributed by atoms with E-state index < -0.39 is 29.6 Å². The Morgan fingerprint density at radius 3 is 2.64 bits per heavy atom. The number of likely N-dealkylation sites (tertiary alicyclic amines) is 1. The Bertz CT molecular complexity index is 971. The fourth-order valence-electron chi connectivity index (χ4n) is 6.03. The topological polar surface area (TPSA) is 87.7 Å². The van der Waals surface area contributed by atoms with Crippen molar-refractivity contribution in [2.75, 3.05) is 6.54 Å². The van der Waals surface area contributed by atoms with E-state index in [9.17, 15) is 14.4 Å². The van der Waals surface area contributed by atoms with Gasteiger partial charge in [-0.05, 0) is 18.4 Å². The zero-order valence-corrected chi connectivity index (χ0v) is 18.7. The molecular weight excluding hydrogens is 418 g/mol. The van der Waals surface area contributed by atoms with Gasteiger partial charge in [0.2, 0.25) is 17.7 Å². The molecule has 7 heteroatoms. The number of ether oxygens (including phenoxy) is 1. The van der Waals surface area contributed by atoms with Crippen LogP contribution in [0.1, 0.15) is 37.7 Å². The van der Waals surface area contributed by atoms with Gasteiger partial charge >= 0.3 is 0 Å². The second-order valence-electron chi connectivity index (χ2n) is 9.53. The molecule has 1 aromatic rings. The monoisotopic (exact) mass is 449 g/mol. The molecule has 2 bridgehead atoms. The van der Waals surface area contributed by atoms with E-state index in [1.54, 1.807) is 11.0 Å². The van der Waals surface area contributed by atoms with Crippen molar-refractivity contribution in [1.82, 2.24) is 15.5 Å². The molecule has 3 fully saturated rings. The third kappa shape index (κ3) is 3.68. The summed E-state index contributed by atoms with van der Waals surface area (Å²) in [6.45, 7) is 4.39. The van der Waals surface area contributed by atoms with Gasteiger partial charge in [-0.2, -0.15) is 0 Å². The van der Waals surface area contributed by atoms with E-state index in [0.717, 1.165) is 31.2 Å². The van der Waals surface area contributed by atoms with Crippen LogP contribution in [0.5, 0.6) is 0 Å². The summed E-state index contributed by atoms with van der Waals surface area (Å²) in [4.78, 5) is 41.8. The van der Waals surface area contributed by atoms with Crippen molar-refractivity contribution in [3.8, 4) is 0 Å². The van der Waals surface area contributed by atoms with Crippen LogP contribution in [0.15, 0.2) is 55.1 Å². The molecule has 33 heavy (non-hydrogen) atoms. The minimum absolute atomic E-state index is 0.120. The Balaban J connectivity index is 1.38. The first-order chi connectivity index (χ1) is 16.0. The van der Waals surface area contributed by atoms with E-state index >= 15 is 0 Å².